The molecule has 1 rings (SSSR count). The number of rotatable bonds is 5. The van der Waals surface area contributed by atoms with E-state index in [1.54, 1.807) is 0 Å². The van der Waals surface area contributed by atoms with Gasteiger partial charge in [0.15, 0.2) is 0 Å². The fourth-order valence-electron chi connectivity index (χ4n) is 1.79. The van der Waals surface area contributed by atoms with Crippen molar-refractivity contribution < 1.29 is 5.11 Å². The van der Waals surface area contributed by atoms with Gasteiger partial charge in [0.05, 0.1) is 6.10 Å². The Hall–Kier alpha value is -0.680. The van der Waals surface area contributed by atoms with Gasteiger partial charge in [-0.3, -0.25) is 0 Å². The molecule has 0 bridgehead atoms. The zero-order chi connectivity index (χ0) is 14.6. The Morgan fingerprint density at radius 1 is 1.32 bits per heavy atom. The van der Waals surface area contributed by atoms with Crippen molar-refractivity contribution in [3.8, 4) is 0 Å². The molecule has 2 N–H and O–H groups in total. The third-order valence-corrected chi connectivity index (χ3v) is 3.00. The highest BCUT2D eigenvalue weighted by molar-refractivity contribution is 9.10. The van der Waals surface area contributed by atoms with Crippen molar-refractivity contribution in [2.75, 3.05) is 11.9 Å². The highest BCUT2D eigenvalue weighted by Crippen LogP contribution is 2.21. The molecule has 108 valence electrons. The molecule has 4 nitrogen and oxygen atoms in total. The number of hydrogen-bond donors (Lipinski definition) is 2. The molecule has 1 atom stereocenters. The second-order valence-electron chi connectivity index (χ2n) is 6.39. The summed E-state index contributed by atoms with van der Waals surface area (Å²) in [4.78, 5) is 8.76. The maximum atomic E-state index is 9.98. The third-order valence-electron chi connectivity index (χ3n) is 2.60. The van der Waals surface area contributed by atoms with Gasteiger partial charge in [-0.2, -0.15) is 0 Å². The summed E-state index contributed by atoms with van der Waals surface area (Å²) in [7, 11) is 0. The van der Waals surface area contributed by atoms with Crippen molar-refractivity contribution >= 4 is 21.7 Å². The highest BCUT2D eigenvalue weighted by atomic mass is 79.9. The van der Waals surface area contributed by atoms with Crippen LogP contribution in [-0.2, 0) is 0 Å². The second kappa shape index (κ2) is 6.66. The molecule has 0 saturated carbocycles. The third kappa shape index (κ3) is 6.34. The fourth-order valence-corrected chi connectivity index (χ4v) is 2.18. The lowest BCUT2D eigenvalue weighted by Crippen LogP contribution is -2.25. The first-order chi connectivity index (χ1) is 8.67. The second-order valence-corrected chi connectivity index (χ2v) is 7.20. The number of anilines is 1. The van der Waals surface area contributed by atoms with Crippen molar-refractivity contribution in [1.82, 2.24) is 9.97 Å². The van der Waals surface area contributed by atoms with Crippen molar-refractivity contribution in [3.63, 3.8) is 0 Å². The molecule has 0 fully saturated rings. The lowest BCUT2D eigenvalue weighted by atomic mass is 9.89. The lowest BCUT2D eigenvalue weighted by Gasteiger charge is -2.22. The molecule has 5 heteroatoms. The van der Waals surface area contributed by atoms with E-state index in [0.717, 1.165) is 22.7 Å². The topological polar surface area (TPSA) is 58.0 Å². The summed E-state index contributed by atoms with van der Waals surface area (Å²) in [6.07, 6.45) is 0.375. The number of halogens is 1. The van der Waals surface area contributed by atoms with Gasteiger partial charge >= 0.3 is 0 Å². The van der Waals surface area contributed by atoms with Crippen LogP contribution in [0.2, 0.25) is 0 Å². The van der Waals surface area contributed by atoms with Crippen molar-refractivity contribution in [2.24, 2.45) is 5.41 Å². The van der Waals surface area contributed by atoms with E-state index in [2.05, 4.69) is 65.8 Å². The minimum absolute atomic E-state index is 0.121. The molecule has 0 spiro atoms. The van der Waals surface area contributed by atoms with Crippen LogP contribution in [0.4, 0.5) is 5.82 Å². The fraction of sp³-hybridized carbons (Fsp3) is 0.714. The molecule has 0 aliphatic heterocycles. The molecule has 0 aromatic carbocycles. The van der Waals surface area contributed by atoms with E-state index in [9.17, 15) is 5.11 Å². The van der Waals surface area contributed by atoms with Crippen LogP contribution in [0.5, 0.6) is 0 Å². The molecule has 1 heterocycles. The van der Waals surface area contributed by atoms with Crippen LogP contribution in [0.1, 0.15) is 52.8 Å². The van der Waals surface area contributed by atoms with E-state index in [1.165, 1.54) is 0 Å². The summed E-state index contributed by atoms with van der Waals surface area (Å²) in [5.41, 5.74) is 0.121. The largest absolute Gasteiger partial charge is 0.391 e. The Morgan fingerprint density at radius 2 is 1.95 bits per heavy atom. The molecular formula is C14H24BrN3O. The van der Waals surface area contributed by atoms with E-state index in [0.29, 0.717) is 6.54 Å². The van der Waals surface area contributed by atoms with Gasteiger partial charge in [-0.05, 0) is 27.8 Å². The predicted molar refractivity (Wildman–Crippen MR) is 82.4 cm³/mol. The van der Waals surface area contributed by atoms with Crippen molar-refractivity contribution in [3.05, 3.63) is 16.5 Å². The minimum atomic E-state index is -0.378. The molecule has 0 aliphatic carbocycles. The number of aliphatic hydroxyl groups excluding tert-OH is 1. The number of aliphatic hydroxyl groups is 1. The molecule has 19 heavy (non-hydrogen) atoms. The number of nitrogens with zero attached hydrogens (tertiary/aromatic N) is 2. The summed E-state index contributed by atoms with van der Waals surface area (Å²) < 4.78 is 0.763. The lowest BCUT2D eigenvalue weighted by molar-refractivity contribution is 0.132. The average molecular weight is 330 g/mol. The van der Waals surface area contributed by atoms with Crippen LogP contribution in [0, 0.1) is 5.41 Å². The van der Waals surface area contributed by atoms with Crippen LogP contribution < -0.4 is 5.32 Å². The highest BCUT2D eigenvalue weighted by Gasteiger charge is 2.16. The van der Waals surface area contributed by atoms with Gasteiger partial charge < -0.3 is 10.4 Å². The number of aromatic nitrogens is 2. The van der Waals surface area contributed by atoms with Crippen LogP contribution >= 0.6 is 15.9 Å². The van der Waals surface area contributed by atoms with Crippen LogP contribution in [-0.4, -0.2) is 27.7 Å². The molecule has 0 aliphatic rings. The van der Waals surface area contributed by atoms with Crippen LogP contribution in [0.3, 0.4) is 0 Å². The van der Waals surface area contributed by atoms with Crippen LogP contribution in [0.25, 0.3) is 0 Å². The maximum Gasteiger partial charge on any atom is 0.134 e. The summed E-state index contributed by atoms with van der Waals surface area (Å²) in [6, 6.07) is 1.83. The Labute approximate surface area is 124 Å². The average Bonchev–Trinajstić information content (AvgIpc) is 2.23. The summed E-state index contributed by atoms with van der Waals surface area (Å²) in [5.74, 6) is 1.82. The first kappa shape index (κ1) is 16.4. The van der Waals surface area contributed by atoms with Gasteiger partial charge in [0.25, 0.3) is 0 Å². The van der Waals surface area contributed by atoms with Gasteiger partial charge in [-0.25, -0.2) is 9.97 Å². The van der Waals surface area contributed by atoms with E-state index in [4.69, 9.17) is 0 Å². The Kier molecular flexibility index (Phi) is 5.74. The smallest absolute Gasteiger partial charge is 0.134 e. The minimum Gasteiger partial charge on any atom is -0.391 e. The maximum absolute atomic E-state index is 9.98. The van der Waals surface area contributed by atoms with Crippen molar-refractivity contribution in [2.45, 2.75) is 53.1 Å². The number of hydrogen-bond acceptors (Lipinski definition) is 4. The SMILES string of the molecule is CC(C)c1nc(Br)cc(NCC(O)CC(C)(C)C)n1. The number of nitrogens with one attached hydrogen (secondary N) is 1. The van der Waals surface area contributed by atoms with Gasteiger partial charge in [0.2, 0.25) is 0 Å². The molecule has 1 unspecified atom stereocenters. The van der Waals surface area contributed by atoms with E-state index < -0.39 is 0 Å². The zero-order valence-corrected chi connectivity index (χ0v) is 14.0. The van der Waals surface area contributed by atoms with E-state index in [-0.39, 0.29) is 17.4 Å². The van der Waals surface area contributed by atoms with Gasteiger partial charge in [-0.1, -0.05) is 34.6 Å². The molecule has 0 saturated heterocycles. The Morgan fingerprint density at radius 3 is 2.47 bits per heavy atom. The summed E-state index contributed by atoms with van der Waals surface area (Å²) in [6.45, 7) is 11.0. The summed E-state index contributed by atoms with van der Waals surface area (Å²) >= 11 is 3.38. The quantitative estimate of drug-likeness (QED) is 0.811. The van der Waals surface area contributed by atoms with Gasteiger partial charge in [0, 0.05) is 18.5 Å². The predicted octanol–water partition coefficient (Wildman–Crippen LogP) is 3.57. The van der Waals surface area contributed by atoms with Crippen LogP contribution in [0.15, 0.2) is 10.7 Å². The Bertz CT molecular complexity index is 416. The first-order valence-electron chi connectivity index (χ1n) is 6.64. The molecular weight excluding hydrogens is 306 g/mol. The Balaban J connectivity index is 2.62. The van der Waals surface area contributed by atoms with Gasteiger partial charge in [-0.15, -0.1) is 0 Å². The molecule has 0 amide bonds. The summed E-state index contributed by atoms with van der Waals surface area (Å²) in [5, 5.41) is 13.1. The molecule has 0 radical (unpaired) electrons. The zero-order valence-electron chi connectivity index (χ0n) is 12.4. The van der Waals surface area contributed by atoms with Gasteiger partial charge in [0.1, 0.15) is 16.2 Å². The normalized spacial score (nSPS) is 13.7. The molecule has 1 aromatic heterocycles. The standard InChI is InChI=1S/C14H24BrN3O/c1-9(2)13-17-11(15)6-12(18-13)16-8-10(19)7-14(3,4)5/h6,9-10,19H,7-8H2,1-5H3,(H,16,17,18). The first-order valence-corrected chi connectivity index (χ1v) is 7.43. The van der Waals surface area contributed by atoms with E-state index >= 15 is 0 Å². The van der Waals surface area contributed by atoms with Crippen molar-refractivity contribution in [1.29, 1.82) is 0 Å². The monoisotopic (exact) mass is 329 g/mol. The molecule has 1 aromatic rings. The van der Waals surface area contributed by atoms with E-state index in [1.807, 2.05) is 6.07 Å².